The summed E-state index contributed by atoms with van der Waals surface area (Å²) in [4.78, 5) is 27.2. The zero-order chi connectivity index (χ0) is 21.2. The Balaban J connectivity index is 2.16. The molecule has 0 heterocycles. The molecule has 0 unspecified atom stereocenters. The van der Waals surface area contributed by atoms with Gasteiger partial charge in [0.2, 0.25) is 5.91 Å². The monoisotopic (exact) mass is 400 g/mol. The van der Waals surface area contributed by atoms with Crippen LogP contribution in [0.4, 0.5) is 4.39 Å². The van der Waals surface area contributed by atoms with Crippen LogP contribution in [0.3, 0.4) is 0 Å². The summed E-state index contributed by atoms with van der Waals surface area (Å²) in [7, 11) is 0. The van der Waals surface area contributed by atoms with Gasteiger partial charge in [-0.1, -0.05) is 51.1 Å². The highest BCUT2D eigenvalue weighted by molar-refractivity contribution is 5.88. The van der Waals surface area contributed by atoms with Gasteiger partial charge >= 0.3 is 0 Å². The molecule has 0 aliphatic heterocycles. The van der Waals surface area contributed by atoms with Gasteiger partial charge in [0.25, 0.3) is 5.91 Å². The van der Waals surface area contributed by atoms with Crippen LogP contribution in [-0.2, 0) is 16.1 Å². The Morgan fingerprint density at radius 3 is 2.31 bits per heavy atom. The van der Waals surface area contributed by atoms with E-state index in [1.165, 1.54) is 17.0 Å². The van der Waals surface area contributed by atoms with E-state index in [9.17, 15) is 14.0 Å². The Hall–Kier alpha value is -2.89. The third kappa shape index (κ3) is 7.22. The lowest BCUT2D eigenvalue weighted by atomic mass is 10.1. The lowest BCUT2D eigenvalue weighted by molar-refractivity contribution is -0.143. The van der Waals surface area contributed by atoms with Gasteiger partial charge in [0, 0.05) is 13.1 Å². The summed E-state index contributed by atoms with van der Waals surface area (Å²) in [5.74, 6) is 0.0425. The van der Waals surface area contributed by atoms with Crippen molar-refractivity contribution in [2.75, 3.05) is 13.2 Å². The van der Waals surface area contributed by atoms with Crippen molar-refractivity contribution in [3.05, 3.63) is 66.0 Å². The predicted octanol–water partition coefficient (Wildman–Crippen LogP) is 3.78. The highest BCUT2D eigenvalue weighted by Crippen LogP contribution is 2.15. The maximum atomic E-state index is 13.3. The third-order valence-electron chi connectivity index (χ3n) is 4.44. The van der Waals surface area contributed by atoms with Crippen LogP contribution in [0.5, 0.6) is 5.75 Å². The fraction of sp³-hybridized carbons (Fsp3) is 0.391. The fourth-order valence-electron chi connectivity index (χ4n) is 2.87. The minimum absolute atomic E-state index is 0.181. The second kappa shape index (κ2) is 11.2. The molecule has 0 saturated carbocycles. The quantitative estimate of drug-likeness (QED) is 0.660. The van der Waals surface area contributed by atoms with Crippen molar-refractivity contribution >= 4 is 11.8 Å². The number of para-hydroxylation sites is 1. The van der Waals surface area contributed by atoms with Crippen LogP contribution in [-0.4, -0.2) is 35.9 Å². The number of hydrogen-bond acceptors (Lipinski definition) is 3. The zero-order valence-corrected chi connectivity index (χ0v) is 17.2. The van der Waals surface area contributed by atoms with Crippen molar-refractivity contribution in [3.63, 3.8) is 0 Å². The first-order valence-electron chi connectivity index (χ1n) is 9.90. The van der Waals surface area contributed by atoms with Crippen LogP contribution >= 0.6 is 0 Å². The summed E-state index contributed by atoms with van der Waals surface area (Å²) in [6.07, 6.45) is 0.461. The van der Waals surface area contributed by atoms with Gasteiger partial charge in [-0.05, 0) is 42.2 Å². The van der Waals surface area contributed by atoms with Crippen LogP contribution in [0.2, 0.25) is 0 Å². The van der Waals surface area contributed by atoms with Crippen molar-refractivity contribution in [1.82, 2.24) is 10.2 Å². The summed E-state index contributed by atoms with van der Waals surface area (Å²) < 4.78 is 18.9. The third-order valence-corrected chi connectivity index (χ3v) is 4.44. The number of nitrogens with zero attached hydrogens (tertiary/aromatic N) is 1. The van der Waals surface area contributed by atoms with Gasteiger partial charge in [0.05, 0.1) is 0 Å². The second-order valence-corrected chi connectivity index (χ2v) is 7.31. The molecule has 0 spiro atoms. The van der Waals surface area contributed by atoms with Gasteiger partial charge in [-0.25, -0.2) is 4.39 Å². The van der Waals surface area contributed by atoms with E-state index in [2.05, 4.69) is 5.32 Å². The summed E-state index contributed by atoms with van der Waals surface area (Å²) >= 11 is 0. The van der Waals surface area contributed by atoms with Gasteiger partial charge in [-0.15, -0.1) is 0 Å². The molecule has 0 aliphatic carbocycles. The molecule has 2 rings (SSSR count). The second-order valence-electron chi connectivity index (χ2n) is 7.31. The number of benzene rings is 2. The van der Waals surface area contributed by atoms with Crippen LogP contribution in [0.1, 0.15) is 32.8 Å². The number of carbonyl (C=O) groups is 2. The van der Waals surface area contributed by atoms with Crippen molar-refractivity contribution < 1.29 is 18.7 Å². The molecule has 0 aromatic heterocycles. The Labute approximate surface area is 171 Å². The normalized spacial score (nSPS) is 11.8. The van der Waals surface area contributed by atoms with Crippen molar-refractivity contribution in [2.45, 2.75) is 39.8 Å². The zero-order valence-electron chi connectivity index (χ0n) is 17.2. The van der Waals surface area contributed by atoms with Crippen LogP contribution in [0.15, 0.2) is 54.6 Å². The Morgan fingerprint density at radius 2 is 1.72 bits per heavy atom. The Kier molecular flexibility index (Phi) is 8.65. The van der Waals surface area contributed by atoms with E-state index in [0.717, 1.165) is 5.56 Å². The molecule has 156 valence electrons. The van der Waals surface area contributed by atoms with Crippen LogP contribution in [0.25, 0.3) is 0 Å². The molecule has 6 heteroatoms. The van der Waals surface area contributed by atoms with Crippen molar-refractivity contribution in [1.29, 1.82) is 0 Å². The summed E-state index contributed by atoms with van der Waals surface area (Å²) in [5.41, 5.74) is 0.745. The van der Waals surface area contributed by atoms with Crippen LogP contribution in [0, 0.1) is 11.7 Å². The number of carbonyl (C=O) groups excluding carboxylic acids is 2. The van der Waals surface area contributed by atoms with Gasteiger partial charge < -0.3 is 15.0 Å². The number of nitrogens with one attached hydrogen (secondary N) is 1. The minimum atomic E-state index is -0.634. The highest BCUT2D eigenvalue weighted by atomic mass is 19.1. The number of hydrogen-bond donors (Lipinski definition) is 1. The molecular weight excluding hydrogens is 371 g/mol. The molecule has 0 saturated heterocycles. The van der Waals surface area contributed by atoms with Gasteiger partial charge in [0.15, 0.2) is 6.61 Å². The first kappa shape index (κ1) is 22.4. The molecule has 1 N–H and O–H groups in total. The van der Waals surface area contributed by atoms with E-state index in [1.807, 2.05) is 39.0 Å². The average Bonchev–Trinajstić information content (AvgIpc) is 2.72. The van der Waals surface area contributed by atoms with Crippen LogP contribution < -0.4 is 10.1 Å². The molecule has 0 bridgehead atoms. The van der Waals surface area contributed by atoms with E-state index < -0.39 is 6.04 Å². The lowest BCUT2D eigenvalue weighted by Crippen LogP contribution is -2.50. The van der Waals surface area contributed by atoms with Gasteiger partial charge in [-0.2, -0.15) is 0 Å². The van der Waals surface area contributed by atoms with Crippen molar-refractivity contribution in [3.8, 4) is 5.75 Å². The molecule has 1 atom stereocenters. The highest BCUT2D eigenvalue weighted by Gasteiger charge is 2.29. The molecular formula is C23H29FN2O3. The number of halogens is 1. The predicted molar refractivity (Wildman–Crippen MR) is 111 cm³/mol. The molecule has 0 fully saturated rings. The van der Waals surface area contributed by atoms with E-state index in [0.29, 0.717) is 24.6 Å². The standard InChI is InChI=1S/C23H29FN2O3/c1-4-21(23(28)25-14-17(2)3)26(15-18-10-12-19(24)13-11-18)22(27)16-29-20-8-6-5-7-9-20/h5-13,17,21H,4,14-16H2,1-3H3,(H,25,28)/t21-/m0/s1. The maximum Gasteiger partial charge on any atom is 0.261 e. The molecule has 29 heavy (non-hydrogen) atoms. The first-order chi connectivity index (χ1) is 13.9. The molecule has 2 aromatic carbocycles. The first-order valence-corrected chi connectivity index (χ1v) is 9.90. The van der Waals surface area contributed by atoms with E-state index >= 15 is 0 Å². The molecule has 2 aromatic rings. The topological polar surface area (TPSA) is 58.6 Å². The SMILES string of the molecule is CC[C@@H](C(=O)NCC(C)C)N(Cc1ccc(F)cc1)C(=O)COc1ccccc1. The number of rotatable bonds is 10. The average molecular weight is 400 g/mol. The maximum absolute atomic E-state index is 13.3. The number of ether oxygens (including phenoxy) is 1. The van der Waals surface area contributed by atoms with Gasteiger partial charge in [-0.3, -0.25) is 9.59 Å². The molecule has 2 amide bonds. The summed E-state index contributed by atoms with van der Waals surface area (Å²) in [6, 6.07) is 14.3. The van der Waals surface area contributed by atoms with E-state index in [4.69, 9.17) is 4.74 Å². The number of amides is 2. The largest absolute Gasteiger partial charge is 0.484 e. The Bertz CT molecular complexity index is 778. The lowest BCUT2D eigenvalue weighted by Gasteiger charge is -2.30. The van der Waals surface area contributed by atoms with E-state index in [-0.39, 0.29) is 30.8 Å². The minimum Gasteiger partial charge on any atom is -0.484 e. The summed E-state index contributed by atoms with van der Waals surface area (Å²) in [6.45, 7) is 6.44. The van der Waals surface area contributed by atoms with Gasteiger partial charge in [0.1, 0.15) is 17.6 Å². The fourth-order valence-corrected chi connectivity index (χ4v) is 2.87. The Morgan fingerprint density at radius 1 is 1.07 bits per heavy atom. The smallest absolute Gasteiger partial charge is 0.261 e. The van der Waals surface area contributed by atoms with E-state index in [1.54, 1.807) is 24.3 Å². The molecule has 0 radical (unpaired) electrons. The molecule has 5 nitrogen and oxygen atoms in total. The molecule has 0 aliphatic rings. The summed E-state index contributed by atoms with van der Waals surface area (Å²) in [5, 5.41) is 2.90. The van der Waals surface area contributed by atoms with Crippen molar-refractivity contribution in [2.24, 2.45) is 5.92 Å².